The van der Waals surface area contributed by atoms with Crippen molar-refractivity contribution in [3.05, 3.63) is 35.6 Å². The van der Waals surface area contributed by atoms with E-state index < -0.39 is 35.6 Å². The topological polar surface area (TPSA) is 98.5 Å². The number of ether oxygens (including phenoxy) is 1. The summed E-state index contributed by atoms with van der Waals surface area (Å²) in [7, 11) is 0. The van der Waals surface area contributed by atoms with Crippen molar-refractivity contribution in [2.75, 3.05) is 6.61 Å². The van der Waals surface area contributed by atoms with Gasteiger partial charge in [-0.25, -0.2) is 4.39 Å². The number of esters is 1. The first-order valence-corrected chi connectivity index (χ1v) is 6.87. The van der Waals surface area contributed by atoms with E-state index in [9.17, 15) is 18.8 Å². The number of nitrogens with two attached hydrogens (primary N) is 1. The van der Waals surface area contributed by atoms with Gasteiger partial charge in [0, 0.05) is 0 Å². The minimum atomic E-state index is -1.10. The van der Waals surface area contributed by atoms with Crippen molar-refractivity contribution in [3.8, 4) is 0 Å². The van der Waals surface area contributed by atoms with Gasteiger partial charge < -0.3 is 15.8 Å². The molecule has 1 rings (SSSR count). The molecule has 0 spiro atoms. The molecule has 3 N–H and O–H groups in total. The number of hydrogen-bond donors (Lipinski definition) is 2. The Labute approximate surface area is 127 Å². The van der Waals surface area contributed by atoms with Crippen molar-refractivity contribution in [1.82, 2.24) is 5.32 Å². The van der Waals surface area contributed by atoms with Gasteiger partial charge in [-0.2, -0.15) is 0 Å². The normalized spacial score (nSPS) is 13.0. The minimum absolute atomic E-state index is 0.0843. The van der Waals surface area contributed by atoms with Gasteiger partial charge in [-0.15, -0.1) is 0 Å². The van der Waals surface area contributed by atoms with Gasteiger partial charge >= 0.3 is 5.97 Å². The number of nitrogens with one attached hydrogen (secondary N) is 1. The van der Waals surface area contributed by atoms with E-state index in [4.69, 9.17) is 10.5 Å². The third-order valence-corrected chi connectivity index (χ3v) is 3.07. The number of halogens is 1. The van der Waals surface area contributed by atoms with Crippen molar-refractivity contribution in [1.29, 1.82) is 0 Å². The highest BCUT2D eigenvalue weighted by Gasteiger charge is 2.28. The lowest BCUT2D eigenvalue weighted by Gasteiger charge is -2.21. The second kappa shape index (κ2) is 8.11. The molecule has 0 fully saturated rings. The van der Waals surface area contributed by atoms with Gasteiger partial charge in [0.2, 0.25) is 5.91 Å². The van der Waals surface area contributed by atoms with E-state index in [2.05, 4.69) is 5.32 Å². The third kappa shape index (κ3) is 4.83. The quantitative estimate of drug-likeness (QED) is 0.734. The van der Waals surface area contributed by atoms with E-state index in [1.54, 1.807) is 13.8 Å². The number of carbonyl (C=O) groups excluding carboxylic acids is 3. The molecule has 1 aromatic rings. The number of amides is 2. The molecule has 0 aliphatic heterocycles. The van der Waals surface area contributed by atoms with E-state index in [1.807, 2.05) is 0 Å². The largest absolute Gasteiger partial charge is 0.466 e. The van der Waals surface area contributed by atoms with Crippen LogP contribution in [0.4, 0.5) is 4.39 Å². The Morgan fingerprint density at radius 3 is 2.50 bits per heavy atom. The summed E-state index contributed by atoms with van der Waals surface area (Å²) < 4.78 is 18.3. The fraction of sp³-hybridized carbons (Fsp3) is 0.400. The average Bonchev–Trinajstić information content (AvgIpc) is 2.44. The Bertz CT molecular complexity index is 562. The second-order valence-electron chi connectivity index (χ2n) is 4.82. The van der Waals surface area contributed by atoms with E-state index >= 15 is 0 Å². The molecule has 2 amide bonds. The van der Waals surface area contributed by atoms with Gasteiger partial charge in [0.1, 0.15) is 11.9 Å². The molecule has 0 saturated heterocycles. The van der Waals surface area contributed by atoms with Crippen LogP contribution in [0.1, 0.15) is 30.6 Å². The minimum Gasteiger partial charge on any atom is -0.466 e. The van der Waals surface area contributed by atoms with Crippen LogP contribution in [0.15, 0.2) is 24.3 Å². The summed E-state index contributed by atoms with van der Waals surface area (Å²) in [5.74, 6) is -3.35. The zero-order valence-corrected chi connectivity index (χ0v) is 12.5. The molecule has 0 aromatic heterocycles. The predicted octanol–water partition coefficient (Wildman–Crippen LogP) is 0.999. The Morgan fingerprint density at radius 1 is 1.32 bits per heavy atom. The molecular formula is C15H19FN2O4. The summed E-state index contributed by atoms with van der Waals surface area (Å²) in [6.07, 6.45) is -0.0843. The molecule has 22 heavy (non-hydrogen) atoms. The van der Waals surface area contributed by atoms with Crippen LogP contribution in [-0.4, -0.2) is 30.4 Å². The van der Waals surface area contributed by atoms with Gasteiger partial charge in [0.25, 0.3) is 5.91 Å². The first-order chi connectivity index (χ1) is 10.4. The Balaban J connectivity index is 2.80. The highest BCUT2D eigenvalue weighted by Crippen LogP contribution is 2.12. The Kier molecular flexibility index (Phi) is 6.49. The van der Waals surface area contributed by atoms with Crippen LogP contribution in [0.2, 0.25) is 0 Å². The van der Waals surface area contributed by atoms with Crippen LogP contribution in [-0.2, 0) is 14.3 Å². The molecule has 2 atom stereocenters. The highest BCUT2D eigenvalue weighted by molar-refractivity contribution is 5.97. The van der Waals surface area contributed by atoms with Crippen molar-refractivity contribution in [3.63, 3.8) is 0 Å². The highest BCUT2D eigenvalue weighted by atomic mass is 19.1. The summed E-state index contributed by atoms with van der Waals surface area (Å²) in [6.45, 7) is 3.45. The number of rotatable bonds is 7. The van der Waals surface area contributed by atoms with Gasteiger partial charge in [-0.3, -0.25) is 14.4 Å². The fourth-order valence-corrected chi connectivity index (χ4v) is 1.96. The zero-order chi connectivity index (χ0) is 16.7. The van der Waals surface area contributed by atoms with Gasteiger partial charge in [-0.1, -0.05) is 19.1 Å². The zero-order valence-electron chi connectivity index (χ0n) is 12.5. The van der Waals surface area contributed by atoms with Crippen molar-refractivity contribution in [2.24, 2.45) is 11.7 Å². The molecule has 0 unspecified atom stereocenters. The van der Waals surface area contributed by atoms with Crippen LogP contribution < -0.4 is 11.1 Å². The number of carbonyl (C=O) groups is 3. The van der Waals surface area contributed by atoms with E-state index in [1.165, 1.54) is 18.2 Å². The van der Waals surface area contributed by atoms with Crippen molar-refractivity contribution >= 4 is 17.8 Å². The predicted molar refractivity (Wildman–Crippen MR) is 77.3 cm³/mol. The Morgan fingerprint density at radius 2 is 1.95 bits per heavy atom. The maximum atomic E-state index is 13.6. The average molecular weight is 310 g/mol. The molecule has 0 bridgehead atoms. The summed E-state index contributed by atoms with van der Waals surface area (Å²) >= 11 is 0. The lowest BCUT2D eigenvalue weighted by molar-refractivity contribution is -0.144. The molecule has 7 heteroatoms. The first-order valence-electron chi connectivity index (χ1n) is 6.87. The van der Waals surface area contributed by atoms with Crippen LogP contribution in [0.25, 0.3) is 0 Å². The third-order valence-electron chi connectivity index (χ3n) is 3.07. The van der Waals surface area contributed by atoms with Crippen LogP contribution in [0.5, 0.6) is 0 Å². The van der Waals surface area contributed by atoms with Gasteiger partial charge in [0.05, 0.1) is 18.6 Å². The standard InChI is InChI=1S/C15H19FN2O4/c1-3-22-12(19)8-9(2)13(14(17)20)18-15(21)10-6-4-5-7-11(10)16/h4-7,9,13H,3,8H2,1-2H3,(H2,17,20)(H,18,21)/t9-,13+/m1/s1. The SMILES string of the molecule is CCOC(=O)C[C@@H](C)[C@H](NC(=O)c1ccccc1F)C(N)=O. The molecule has 1 aromatic carbocycles. The van der Waals surface area contributed by atoms with Crippen molar-refractivity contribution in [2.45, 2.75) is 26.3 Å². The van der Waals surface area contributed by atoms with E-state index in [-0.39, 0.29) is 18.6 Å². The molecule has 0 aliphatic rings. The smallest absolute Gasteiger partial charge is 0.306 e. The number of hydrogen-bond acceptors (Lipinski definition) is 4. The molecule has 6 nitrogen and oxygen atoms in total. The lowest BCUT2D eigenvalue weighted by atomic mass is 9.97. The molecule has 0 aliphatic carbocycles. The molecular weight excluding hydrogens is 291 g/mol. The monoisotopic (exact) mass is 310 g/mol. The summed E-state index contributed by atoms with van der Waals surface area (Å²) in [5, 5.41) is 2.36. The van der Waals surface area contributed by atoms with Gasteiger partial charge in [0.15, 0.2) is 0 Å². The maximum absolute atomic E-state index is 13.6. The number of primary amides is 1. The van der Waals surface area contributed by atoms with E-state index in [0.717, 1.165) is 6.07 Å². The van der Waals surface area contributed by atoms with Crippen molar-refractivity contribution < 1.29 is 23.5 Å². The number of benzene rings is 1. The lowest BCUT2D eigenvalue weighted by Crippen LogP contribution is -2.49. The first kappa shape index (κ1) is 17.6. The second-order valence-corrected chi connectivity index (χ2v) is 4.82. The summed E-state index contributed by atoms with van der Waals surface area (Å²) in [6, 6.07) is 4.27. The van der Waals surface area contributed by atoms with E-state index in [0.29, 0.717) is 0 Å². The molecule has 120 valence electrons. The van der Waals surface area contributed by atoms with Crippen LogP contribution in [0.3, 0.4) is 0 Å². The fourth-order valence-electron chi connectivity index (χ4n) is 1.96. The van der Waals surface area contributed by atoms with Gasteiger partial charge in [-0.05, 0) is 25.0 Å². The summed E-state index contributed by atoms with van der Waals surface area (Å²) in [4.78, 5) is 35.0. The summed E-state index contributed by atoms with van der Waals surface area (Å²) in [5.41, 5.74) is 5.06. The molecule has 0 radical (unpaired) electrons. The molecule has 0 saturated carbocycles. The Hall–Kier alpha value is -2.44. The maximum Gasteiger partial charge on any atom is 0.306 e. The molecule has 0 heterocycles. The van der Waals surface area contributed by atoms with Crippen LogP contribution >= 0.6 is 0 Å². The van der Waals surface area contributed by atoms with Crippen LogP contribution in [0, 0.1) is 11.7 Å².